The van der Waals surface area contributed by atoms with Crippen LogP contribution in [0.1, 0.15) is 91.9 Å². The predicted octanol–water partition coefficient (Wildman–Crippen LogP) is -4.14. The fraction of sp³-hybridized carbons (Fsp3) is 0.706. The molecule has 0 aromatic rings. The Balaban J connectivity index is 5.75. The highest BCUT2D eigenvalue weighted by Crippen LogP contribution is 2.06. The Morgan fingerprint density at radius 2 is 0.737 bits per heavy atom. The molecule has 0 radical (unpaired) electrons. The number of hydrogen-bond acceptors (Lipinski definition) is 13. The summed E-state index contributed by atoms with van der Waals surface area (Å²) >= 11 is 0. The van der Waals surface area contributed by atoms with E-state index in [9.17, 15) is 53.1 Å². The number of nitrogens with two attached hydrogens (primary N) is 3. The molecule has 0 aliphatic rings. The molecule has 0 aromatic heterocycles. The first-order chi connectivity index (χ1) is 26.6. The first-order valence-electron chi connectivity index (χ1n) is 18.6. The number of carboxylic acid groups (broad SMARTS) is 3. The molecule has 0 rings (SSSR count). The maximum Gasteiger partial charge on any atom is 0.325 e. The molecule has 0 fully saturated rings. The first kappa shape index (κ1) is 51.6. The van der Waals surface area contributed by atoms with E-state index < -0.39 is 127 Å². The maximum atomic E-state index is 13.3. The summed E-state index contributed by atoms with van der Waals surface area (Å²) < 4.78 is 0. The highest BCUT2D eigenvalue weighted by molar-refractivity contribution is 5.97. The van der Waals surface area contributed by atoms with Crippen molar-refractivity contribution in [3.8, 4) is 0 Å². The van der Waals surface area contributed by atoms with Gasteiger partial charge in [0.2, 0.25) is 41.4 Å². The van der Waals surface area contributed by atoms with Crippen molar-refractivity contribution < 1.29 is 63.3 Å². The Morgan fingerprint density at radius 1 is 0.421 bits per heavy atom. The Hall–Kier alpha value is -5.42. The average molecular weight is 817 g/mol. The molecule has 0 aromatic carbocycles. The van der Waals surface area contributed by atoms with Gasteiger partial charge in [-0.05, 0) is 85.7 Å². The molecule has 0 saturated heterocycles. The number of aliphatic carboxylic acids is 3. The number of amides is 7. The summed E-state index contributed by atoms with van der Waals surface area (Å²) in [6.45, 7) is 5.67. The fourth-order valence-corrected chi connectivity index (χ4v) is 4.89. The van der Waals surface area contributed by atoms with Crippen molar-refractivity contribution in [3.05, 3.63) is 0 Å². The number of carboxylic acids is 3. The number of carbonyl (C=O) groups is 10. The van der Waals surface area contributed by atoms with Gasteiger partial charge >= 0.3 is 17.9 Å². The van der Waals surface area contributed by atoms with Crippen molar-refractivity contribution >= 4 is 59.3 Å². The van der Waals surface area contributed by atoms with Crippen molar-refractivity contribution in [1.29, 1.82) is 0 Å². The van der Waals surface area contributed by atoms with Crippen LogP contribution in [-0.4, -0.2) is 136 Å². The molecule has 0 unspecified atom stereocenters. The molecule has 23 nitrogen and oxygen atoms in total. The topological polar surface area (TPSA) is 394 Å². The standard InChI is InChI=1S/C34H60N10O13/c1-17(38-30(52)21(37)9-5-7-15-35)27(49)43-23(11-13-25(45)46)32(54)40-18(2)28(50)42-22(10-6-8-16-36)31(53)39-19(3)29(51)44-24(12-14-26(47)48)33(55)41-20(4)34(56)57/h17-24H,5-16,35-37H2,1-4H3,(H,38,52)(H,39,53)(H,40,54)(H,41,55)(H,42,50)(H,43,49)(H,44,51)(H,45,46)(H,47,48)(H,56,57)/t17-,18-,19-,20-,21-,22-,23-,24-/m0/s1. The van der Waals surface area contributed by atoms with Crippen molar-refractivity contribution in [1.82, 2.24) is 37.2 Å². The third-order valence-electron chi connectivity index (χ3n) is 8.43. The number of nitrogens with one attached hydrogen (secondary N) is 7. The van der Waals surface area contributed by atoms with Gasteiger partial charge in [-0.25, -0.2) is 0 Å². The SMILES string of the molecule is C[C@H](NC(=O)[C@H](CCC(=O)O)NC(=O)[C@H](C)NC(=O)[C@H](CCCCN)NC(=O)[C@H](C)NC(=O)[C@H](CCC(=O)O)NC(=O)[C@H](C)NC(=O)[C@@H](N)CCCCN)C(=O)O. The minimum atomic E-state index is -1.47. The zero-order valence-corrected chi connectivity index (χ0v) is 32.8. The van der Waals surface area contributed by atoms with Crippen LogP contribution in [0.15, 0.2) is 0 Å². The lowest BCUT2D eigenvalue weighted by atomic mass is 10.1. The number of carbonyl (C=O) groups excluding carboxylic acids is 7. The van der Waals surface area contributed by atoms with Crippen LogP contribution in [0.3, 0.4) is 0 Å². The van der Waals surface area contributed by atoms with Crippen LogP contribution < -0.4 is 54.4 Å². The average Bonchev–Trinajstić information content (AvgIpc) is 3.13. The van der Waals surface area contributed by atoms with E-state index in [1.807, 2.05) is 0 Å². The van der Waals surface area contributed by atoms with Gasteiger partial charge in [-0.15, -0.1) is 0 Å². The Morgan fingerprint density at radius 3 is 1.07 bits per heavy atom. The van der Waals surface area contributed by atoms with E-state index in [4.69, 9.17) is 27.4 Å². The van der Waals surface area contributed by atoms with E-state index in [-0.39, 0.29) is 19.4 Å². The summed E-state index contributed by atoms with van der Waals surface area (Å²) in [5.74, 6) is -9.98. The van der Waals surface area contributed by atoms with Gasteiger partial charge in [-0.3, -0.25) is 47.9 Å². The highest BCUT2D eigenvalue weighted by Gasteiger charge is 2.32. The lowest BCUT2D eigenvalue weighted by Crippen LogP contribution is -2.59. The maximum absolute atomic E-state index is 13.3. The summed E-state index contributed by atoms with van der Waals surface area (Å²) in [6.07, 6.45) is 0.470. The van der Waals surface area contributed by atoms with Gasteiger partial charge < -0.3 is 69.7 Å². The van der Waals surface area contributed by atoms with Crippen LogP contribution in [0.2, 0.25) is 0 Å². The van der Waals surface area contributed by atoms with Crippen LogP contribution in [-0.2, 0) is 47.9 Å². The number of hydrogen-bond donors (Lipinski definition) is 13. The van der Waals surface area contributed by atoms with Gasteiger partial charge in [0.15, 0.2) is 0 Å². The molecule has 0 heterocycles. The molecule has 324 valence electrons. The molecule has 0 bridgehead atoms. The normalized spacial score (nSPS) is 15.1. The van der Waals surface area contributed by atoms with Crippen molar-refractivity contribution in [2.45, 2.75) is 140 Å². The molecular formula is C34H60N10O13. The molecule has 0 spiro atoms. The summed E-state index contributed by atoms with van der Waals surface area (Å²) in [6, 6.07) is -10.4. The molecule has 0 aliphatic heterocycles. The van der Waals surface area contributed by atoms with Crippen molar-refractivity contribution in [2.24, 2.45) is 17.2 Å². The van der Waals surface area contributed by atoms with Crippen LogP contribution >= 0.6 is 0 Å². The Bertz CT molecular complexity index is 1420. The summed E-state index contributed by atoms with van der Waals surface area (Å²) in [5.41, 5.74) is 16.9. The van der Waals surface area contributed by atoms with E-state index in [0.717, 1.165) is 6.92 Å². The van der Waals surface area contributed by atoms with Crippen LogP contribution in [0.25, 0.3) is 0 Å². The second kappa shape index (κ2) is 27.2. The molecule has 0 saturated carbocycles. The fourth-order valence-electron chi connectivity index (χ4n) is 4.89. The lowest BCUT2D eigenvalue weighted by molar-refractivity contribution is -0.142. The minimum Gasteiger partial charge on any atom is -0.481 e. The Labute approximate surface area is 330 Å². The second-order valence-electron chi connectivity index (χ2n) is 13.5. The summed E-state index contributed by atoms with van der Waals surface area (Å²) in [7, 11) is 0. The summed E-state index contributed by atoms with van der Waals surface area (Å²) in [4.78, 5) is 124. The highest BCUT2D eigenvalue weighted by atomic mass is 16.4. The molecule has 57 heavy (non-hydrogen) atoms. The van der Waals surface area contributed by atoms with E-state index in [2.05, 4.69) is 37.2 Å². The smallest absolute Gasteiger partial charge is 0.325 e. The van der Waals surface area contributed by atoms with Crippen LogP contribution in [0.4, 0.5) is 0 Å². The zero-order chi connectivity index (χ0) is 43.8. The van der Waals surface area contributed by atoms with Gasteiger partial charge in [0, 0.05) is 12.8 Å². The second-order valence-corrected chi connectivity index (χ2v) is 13.5. The van der Waals surface area contributed by atoms with Gasteiger partial charge in [0.1, 0.15) is 42.3 Å². The lowest BCUT2D eigenvalue weighted by Gasteiger charge is -2.26. The monoisotopic (exact) mass is 816 g/mol. The van der Waals surface area contributed by atoms with Gasteiger partial charge in [-0.2, -0.15) is 0 Å². The van der Waals surface area contributed by atoms with Crippen molar-refractivity contribution in [3.63, 3.8) is 0 Å². The molecule has 7 amide bonds. The number of rotatable bonds is 29. The largest absolute Gasteiger partial charge is 0.481 e. The van der Waals surface area contributed by atoms with Crippen LogP contribution in [0, 0.1) is 0 Å². The first-order valence-corrected chi connectivity index (χ1v) is 18.6. The zero-order valence-electron chi connectivity index (χ0n) is 32.8. The molecular weight excluding hydrogens is 756 g/mol. The predicted molar refractivity (Wildman–Crippen MR) is 201 cm³/mol. The third-order valence-corrected chi connectivity index (χ3v) is 8.43. The van der Waals surface area contributed by atoms with E-state index >= 15 is 0 Å². The quantitative estimate of drug-likeness (QED) is 0.0319. The van der Waals surface area contributed by atoms with Gasteiger partial charge in [-0.1, -0.05) is 6.42 Å². The minimum absolute atomic E-state index is 0.0259. The third kappa shape index (κ3) is 21.5. The summed E-state index contributed by atoms with van der Waals surface area (Å²) in [5, 5.41) is 43.8. The van der Waals surface area contributed by atoms with E-state index in [1.165, 1.54) is 20.8 Å². The molecule has 16 N–H and O–H groups in total. The van der Waals surface area contributed by atoms with Gasteiger partial charge in [0.25, 0.3) is 0 Å². The van der Waals surface area contributed by atoms with E-state index in [1.54, 1.807) is 0 Å². The van der Waals surface area contributed by atoms with Crippen molar-refractivity contribution in [2.75, 3.05) is 13.1 Å². The van der Waals surface area contributed by atoms with Crippen LogP contribution in [0.5, 0.6) is 0 Å². The Kier molecular flexibility index (Phi) is 24.6. The molecule has 23 heteroatoms. The molecule has 0 aliphatic carbocycles. The molecule has 8 atom stereocenters. The number of unbranched alkanes of at least 4 members (excludes halogenated alkanes) is 2. The van der Waals surface area contributed by atoms with Gasteiger partial charge in [0.05, 0.1) is 6.04 Å². The van der Waals surface area contributed by atoms with E-state index in [0.29, 0.717) is 38.6 Å².